The number of carbonyl (C=O) groups is 2. The molecule has 2 N–H and O–H groups in total. The van der Waals surface area contributed by atoms with Crippen molar-refractivity contribution in [2.24, 2.45) is 5.92 Å². The van der Waals surface area contributed by atoms with Crippen LogP contribution in [-0.4, -0.2) is 54.9 Å². The summed E-state index contributed by atoms with van der Waals surface area (Å²) in [5.41, 5.74) is 1.11. The van der Waals surface area contributed by atoms with Gasteiger partial charge < -0.3 is 25.0 Å². The number of anilines is 2. The van der Waals surface area contributed by atoms with E-state index >= 15 is 0 Å². The highest BCUT2D eigenvalue weighted by atomic mass is 16.7. The molecule has 3 aliphatic rings. The SMILES string of the molecule is CC1(C)OCC(CNC(=O)c2cnc3c(c2)N(CC2CC2)C(=O)CN3)O1. The lowest BCUT2D eigenvalue weighted by Crippen LogP contribution is -2.41. The molecule has 2 amide bonds. The topological polar surface area (TPSA) is 92.8 Å². The third-order valence-corrected chi connectivity index (χ3v) is 4.82. The van der Waals surface area contributed by atoms with E-state index in [1.165, 1.54) is 6.20 Å². The Bertz CT molecular complexity index is 732. The molecule has 140 valence electrons. The molecule has 8 nitrogen and oxygen atoms in total. The molecule has 1 saturated heterocycles. The minimum atomic E-state index is -0.613. The van der Waals surface area contributed by atoms with Crippen molar-refractivity contribution >= 4 is 23.3 Å². The molecule has 2 aliphatic heterocycles. The Morgan fingerprint density at radius 2 is 2.27 bits per heavy atom. The van der Waals surface area contributed by atoms with Crippen LogP contribution in [0.4, 0.5) is 11.5 Å². The molecular formula is C18H24N4O4. The number of hydrogen-bond donors (Lipinski definition) is 2. The molecule has 26 heavy (non-hydrogen) atoms. The van der Waals surface area contributed by atoms with Gasteiger partial charge in [-0.3, -0.25) is 9.59 Å². The summed E-state index contributed by atoms with van der Waals surface area (Å²) in [6, 6.07) is 1.74. The molecular weight excluding hydrogens is 336 g/mol. The number of amides is 2. The molecule has 2 fully saturated rings. The smallest absolute Gasteiger partial charge is 0.253 e. The Morgan fingerprint density at radius 3 is 2.96 bits per heavy atom. The summed E-state index contributed by atoms with van der Waals surface area (Å²) >= 11 is 0. The summed E-state index contributed by atoms with van der Waals surface area (Å²) in [5, 5.41) is 5.87. The van der Waals surface area contributed by atoms with E-state index in [0.717, 1.165) is 12.8 Å². The van der Waals surface area contributed by atoms with Gasteiger partial charge in [-0.15, -0.1) is 0 Å². The first-order valence-corrected chi connectivity index (χ1v) is 9.05. The number of fused-ring (bicyclic) bond motifs is 1. The van der Waals surface area contributed by atoms with Crippen molar-refractivity contribution in [1.29, 1.82) is 0 Å². The maximum absolute atomic E-state index is 12.5. The third kappa shape index (κ3) is 3.66. The monoisotopic (exact) mass is 360 g/mol. The summed E-state index contributed by atoms with van der Waals surface area (Å²) in [7, 11) is 0. The lowest BCUT2D eigenvalue weighted by Gasteiger charge is -2.29. The average molecular weight is 360 g/mol. The standard InChI is InChI=1S/C18H24N4O4/c1-18(2)25-10-13(26-18)7-21-17(24)12-5-14-16(19-6-12)20-8-15(23)22(14)9-11-3-4-11/h5-6,11,13H,3-4,7-10H2,1-2H3,(H,19,20)(H,21,24). The van der Waals surface area contributed by atoms with E-state index < -0.39 is 5.79 Å². The number of nitrogens with one attached hydrogen (secondary N) is 2. The van der Waals surface area contributed by atoms with Crippen LogP contribution in [0.3, 0.4) is 0 Å². The molecule has 4 rings (SSSR count). The Labute approximate surface area is 152 Å². The van der Waals surface area contributed by atoms with Crippen molar-refractivity contribution in [2.45, 2.75) is 38.6 Å². The number of nitrogens with zero attached hydrogens (tertiary/aromatic N) is 2. The second kappa shape index (κ2) is 6.51. The summed E-state index contributed by atoms with van der Waals surface area (Å²) < 4.78 is 11.2. The van der Waals surface area contributed by atoms with Crippen LogP contribution < -0.4 is 15.5 Å². The molecule has 1 aliphatic carbocycles. The molecule has 3 heterocycles. The van der Waals surface area contributed by atoms with Crippen LogP contribution in [0.5, 0.6) is 0 Å². The highest BCUT2D eigenvalue weighted by Gasteiger charge is 2.34. The van der Waals surface area contributed by atoms with Crippen LogP contribution in [-0.2, 0) is 14.3 Å². The highest BCUT2D eigenvalue weighted by molar-refractivity contribution is 6.04. The molecule has 0 bridgehead atoms. The highest BCUT2D eigenvalue weighted by Crippen LogP contribution is 2.35. The minimum Gasteiger partial charge on any atom is -0.359 e. The normalized spacial score (nSPS) is 24.2. The van der Waals surface area contributed by atoms with Gasteiger partial charge in [-0.2, -0.15) is 0 Å². The van der Waals surface area contributed by atoms with E-state index in [-0.39, 0.29) is 24.5 Å². The van der Waals surface area contributed by atoms with Crippen LogP contribution in [0, 0.1) is 5.92 Å². The van der Waals surface area contributed by atoms with Crippen molar-refractivity contribution in [3.8, 4) is 0 Å². The minimum absolute atomic E-state index is 0.0162. The first-order chi connectivity index (χ1) is 12.4. The summed E-state index contributed by atoms with van der Waals surface area (Å²) in [5.74, 6) is 0.375. The van der Waals surface area contributed by atoms with Crippen LogP contribution in [0.25, 0.3) is 0 Å². The fourth-order valence-electron chi connectivity index (χ4n) is 3.24. The van der Waals surface area contributed by atoms with E-state index in [2.05, 4.69) is 15.6 Å². The van der Waals surface area contributed by atoms with Gasteiger partial charge in [0.1, 0.15) is 11.9 Å². The van der Waals surface area contributed by atoms with Crippen molar-refractivity contribution < 1.29 is 19.1 Å². The predicted octanol–water partition coefficient (Wildman–Crippen LogP) is 1.13. The van der Waals surface area contributed by atoms with Gasteiger partial charge in [0.15, 0.2) is 5.79 Å². The first-order valence-electron chi connectivity index (χ1n) is 9.05. The molecule has 1 aromatic rings. The molecule has 0 radical (unpaired) electrons. The van der Waals surface area contributed by atoms with E-state index in [4.69, 9.17) is 9.47 Å². The van der Waals surface area contributed by atoms with Crippen LogP contribution in [0.2, 0.25) is 0 Å². The van der Waals surface area contributed by atoms with Gasteiger partial charge >= 0.3 is 0 Å². The summed E-state index contributed by atoms with van der Waals surface area (Å²) in [4.78, 5) is 30.9. The lowest BCUT2D eigenvalue weighted by molar-refractivity contribution is -0.137. The van der Waals surface area contributed by atoms with Crippen LogP contribution >= 0.6 is 0 Å². The summed E-state index contributed by atoms with van der Waals surface area (Å²) in [6.45, 7) is 5.45. The van der Waals surface area contributed by atoms with Gasteiger partial charge in [0.25, 0.3) is 5.91 Å². The van der Waals surface area contributed by atoms with Gasteiger partial charge in [0, 0.05) is 19.3 Å². The number of hydrogen-bond acceptors (Lipinski definition) is 6. The third-order valence-electron chi connectivity index (χ3n) is 4.82. The molecule has 1 unspecified atom stereocenters. The van der Waals surface area contributed by atoms with E-state index in [1.54, 1.807) is 11.0 Å². The van der Waals surface area contributed by atoms with Gasteiger partial charge in [0.05, 0.1) is 24.4 Å². The molecule has 0 spiro atoms. The van der Waals surface area contributed by atoms with Crippen molar-refractivity contribution in [3.63, 3.8) is 0 Å². The molecule has 8 heteroatoms. The van der Waals surface area contributed by atoms with Crippen LogP contribution in [0.15, 0.2) is 12.3 Å². The lowest BCUT2D eigenvalue weighted by atomic mass is 10.1. The van der Waals surface area contributed by atoms with Gasteiger partial charge in [0.2, 0.25) is 5.91 Å². The zero-order valence-electron chi connectivity index (χ0n) is 15.1. The van der Waals surface area contributed by atoms with Crippen molar-refractivity contribution in [1.82, 2.24) is 10.3 Å². The largest absolute Gasteiger partial charge is 0.359 e. The maximum atomic E-state index is 12.5. The van der Waals surface area contributed by atoms with Crippen molar-refractivity contribution in [2.75, 3.05) is 36.5 Å². The first kappa shape index (κ1) is 17.2. The zero-order chi connectivity index (χ0) is 18.3. The molecule has 1 atom stereocenters. The fraction of sp³-hybridized carbons (Fsp3) is 0.611. The van der Waals surface area contributed by atoms with Crippen LogP contribution in [0.1, 0.15) is 37.0 Å². The van der Waals surface area contributed by atoms with E-state index in [0.29, 0.717) is 42.7 Å². The number of pyridine rings is 1. The number of carbonyl (C=O) groups excluding carboxylic acids is 2. The number of ether oxygens (including phenoxy) is 2. The second-order valence-electron chi connectivity index (χ2n) is 7.55. The Hall–Kier alpha value is -2.19. The van der Waals surface area contributed by atoms with Gasteiger partial charge in [-0.25, -0.2) is 4.98 Å². The zero-order valence-corrected chi connectivity index (χ0v) is 15.1. The maximum Gasteiger partial charge on any atom is 0.253 e. The Morgan fingerprint density at radius 1 is 1.46 bits per heavy atom. The number of rotatable bonds is 5. The molecule has 1 aromatic heterocycles. The van der Waals surface area contributed by atoms with Gasteiger partial charge in [-0.05, 0) is 38.7 Å². The summed E-state index contributed by atoms with van der Waals surface area (Å²) in [6.07, 6.45) is 3.66. The molecule has 1 saturated carbocycles. The number of aromatic nitrogens is 1. The molecule has 0 aromatic carbocycles. The van der Waals surface area contributed by atoms with E-state index in [1.807, 2.05) is 13.8 Å². The Kier molecular flexibility index (Phi) is 4.32. The van der Waals surface area contributed by atoms with Crippen molar-refractivity contribution in [3.05, 3.63) is 17.8 Å². The van der Waals surface area contributed by atoms with Gasteiger partial charge in [-0.1, -0.05) is 0 Å². The predicted molar refractivity (Wildman–Crippen MR) is 95.0 cm³/mol. The average Bonchev–Trinajstić information content (AvgIpc) is 3.36. The Balaban J connectivity index is 1.44. The second-order valence-corrected chi connectivity index (χ2v) is 7.55. The van der Waals surface area contributed by atoms with E-state index in [9.17, 15) is 9.59 Å². The fourth-order valence-corrected chi connectivity index (χ4v) is 3.24. The quantitative estimate of drug-likeness (QED) is 0.818.